The van der Waals surface area contributed by atoms with Gasteiger partial charge in [0.25, 0.3) is 0 Å². The van der Waals surface area contributed by atoms with Gasteiger partial charge in [0.2, 0.25) is 0 Å². The summed E-state index contributed by atoms with van der Waals surface area (Å²) in [5.41, 5.74) is 2.58. The minimum absolute atomic E-state index is 0.115. The Hall–Kier alpha value is -1.76. The summed E-state index contributed by atoms with van der Waals surface area (Å²) in [5, 5.41) is 11.3. The van der Waals surface area contributed by atoms with Crippen molar-refractivity contribution in [1.29, 1.82) is 0 Å². The highest BCUT2D eigenvalue weighted by molar-refractivity contribution is 5.27. The Morgan fingerprint density at radius 2 is 1.74 bits per heavy atom. The molecule has 0 fully saturated rings. The van der Waals surface area contributed by atoms with Gasteiger partial charge in [-0.3, -0.25) is 0 Å². The standard InChI is InChI=1S/C18H22O/c1-2-7-16(17-9-4-3-5-10-17)13-12-15-8-6-11-18(19)14-15/h3-6,8-11,14,16,19H,2,7,12-13H2,1H3/p-1. The molecule has 0 aliphatic heterocycles. The van der Waals surface area contributed by atoms with Gasteiger partial charge in [-0.05, 0) is 36.3 Å². The van der Waals surface area contributed by atoms with Crippen LogP contribution in [0.5, 0.6) is 5.75 Å². The third-order valence-electron chi connectivity index (χ3n) is 3.59. The second-order valence-corrected chi connectivity index (χ2v) is 5.08. The number of hydrogen-bond donors (Lipinski definition) is 0. The molecular weight excluding hydrogens is 232 g/mol. The minimum atomic E-state index is 0.115. The zero-order valence-electron chi connectivity index (χ0n) is 11.5. The number of benzene rings is 2. The van der Waals surface area contributed by atoms with Gasteiger partial charge in [0.1, 0.15) is 0 Å². The third-order valence-corrected chi connectivity index (χ3v) is 3.59. The first-order valence-corrected chi connectivity index (χ1v) is 7.10. The first-order chi connectivity index (χ1) is 9.29. The summed E-state index contributed by atoms with van der Waals surface area (Å²) in [6.45, 7) is 2.23. The van der Waals surface area contributed by atoms with Crippen LogP contribution in [0, 0.1) is 0 Å². The van der Waals surface area contributed by atoms with Gasteiger partial charge in [-0.15, -0.1) is 5.75 Å². The lowest BCUT2D eigenvalue weighted by atomic mass is 9.89. The fourth-order valence-corrected chi connectivity index (χ4v) is 2.59. The Kier molecular flexibility index (Phi) is 5.02. The Morgan fingerprint density at radius 3 is 2.42 bits per heavy atom. The van der Waals surface area contributed by atoms with E-state index in [-0.39, 0.29) is 5.75 Å². The van der Waals surface area contributed by atoms with Crippen LogP contribution < -0.4 is 5.11 Å². The van der Waals surface area contributed by atoms with Gasteiger partial charge in [-0.2, -0.15) is 0 Å². The summed E-state index contributed by atoms with van der Waals surface area (Å²) in [7, 11) is 0. The SMILES string of the molecule is CCCC(CCc1cccc([O-])c1)c1ccccc1. The van der Waals surface area contributed by atoms with Gasteiger partial charge >= 0.3 is 0 Å². The van der Waals surface area contributed by atoms with Crippen LogP contribution in [0.1, 0.15) is 43.2 Å². The van der Waals surface area contributed by atoms with Crippen LogP contribution >= 0.6 is 0 Å². The van der Waals surface area contributed by atoms with Gasteiger partial charge in [0.15, 0.2) is 0 Å². The van der Waals surface area contributed by atoms with E-state index in [4.69, 9.17) is 0 Å². The molecule has 0 N–H and O–H groups in total. The summed E-state index contributed by atoms with van der Waals surface area (Å²) in [6.07, 6.45) is 4.50. The van der Waals surface area contributed by atoms with Crippen LogP contribution in [0.15, 0.2) is 54.6 Å². The Bertz CT molecular complexity index is 490. The Morgan fingerprint density at radius 1 is 0.947 bits per heavy atom. The molecule has 0 saturated heterocycles. The van der Waals surface area contributed by atoms with E-state index in [9.17, 15) is 5.11 Å². The first kappa shape index (κ1) is 13.7. The monoisotopic (exact) mass is 253 g/mol. The predicted molar refractivity (Wildman–Crippen MR) is 78.3 cm³/mol. The van der Waals surface area contributed by atoms with Crippen LogP contribution in [0.3, 0.4) is 0 Å². The van der Waals surface area contributed by atoms with Crippen LogP contribution in [0.2, 0.25) is 0 Å². The summed E-state index contributed by atoms with van der Waals surface area (Å²) < 4.78 is 0. The summed E-state index contributed by atoms with van der Waals surface area (Å²) in [4.78, 5) is 0. The van der Waals surface area contributed by atoms with Crippen LogP contribution in [-0.4, -0.2) is 0 Å². The highest BCUT2D eigenvalue weighted by Crippen LogP contribution is 2.26. The van der Waals surface area contributed by atoms with Crippen LogP contribution in [0.4, 0.5) is 0 Å². The van der Waals surface area contributed by atoms with Crippen molar-refractivity contribution in [2.75, 3.05) is 0 Å². The lowest BCUT2D eigenvalue weighted by Gasteiger charge is -2.17. The van der Waals surface area contributed by atoms with E-state index in [1.807, 2.05) is 6.07 Å². The van der Waals surface area contributed by atoms with Crippen molar-refractivity contribution in [3.05, 3.63) is 65.7 Å². The van der Waals surface area contributed by atoms with Gasteiger partial charge in [0.05, 0.1) is 0 Å². The smallest absolute Gasteiger partial charge is 0.0159 e. The molecule has 2 aromatic rings. The molecule has 1 nitrogen and oxygen atoms in total. The third kappa shape index (κ3) is 4.13. The molecule has 2 aromatic carbocycles. The first-order valence-electron chi connectivity index (χ1n) is 7.10. The van der Waals surface area contributed by atoms with Crippen molar-refractivity contribution in [3.8, 4) is 5.75 Å². The normalized spacial score (nSPS) is 12.3. The second kappa shape index (κ2) is 6.98. The molecule has 0 saturated carbocycles. The topological polar surface area (TPSA) is 23.1 Å². The largest absolute Gasteiger partial charge is 0.872 e. The Balaban J connectivity index is 2.01. The van der Waals surface area contributed by atoms with E-state index < -0.39 is 0 Å². The van der Waals surface area contributed by atoms with E-state index in [1.54, 1.807) is 12.1 Å². The highest BCUT2D eigenvalue weighted by Gasteiger charge is 2.10. The molecule has 0 heterocycles. The molecule has 2 rings (SSSR count). The zero-order valence-corrected chi connectivity index (χ0v) is 11.5. The molecule has 0 aromatic heterocycles. The van der Waals surface area contributed by atoms with Crippen molar-refractivity contribution in [3.63, 3.8) is 0 Å². The molecule has 0 radical (unpaired) electrons. The fourth-order valence-electron chi connectivity index (χ4n) is 2.59. The van der Waals surface area contributed by atoms with Crippen molar-refractivity contribution >= 4 is 0 Å². The van der Waals surface area contributed by atoms with Gasteiger partial charge in [0, 0.05) is 0 Å². The van der Waals surface area contributed by atoms with E-state index in [0.717, 1.165) is 18.4 Å². The maximum atomic E-state index is 11.3. The van der Waals surface area contributed by atoms with Crippen molar-refractivity contribution in [1.82, 2.24) is 0 Å². The lowest BCUT2D eigenvalue weighted by molar-refractivity contribution is -0.268. The average Bonchev–Trinajstić information content (AvgIpc) is 2.44. The molecule has 1 atom stereocenters. The maximum Gasteiger partial charge on any atom is -0.0159 e. The lowest BCUT2D eigenvalue weighted by Crippen LogP contribution is -2.01. The Labute approximate surface area is 115 Å². The summed E-state index contributed by atoms with van der Waals surface area (Å²) in [6, 6.07) is 18.0. The van der Waals surface area contributed by atoms with Crippen LogP contribution in [0.25, 0.3) is 0 Å². The quantitative estimate of drug-likeness (QED) is 0.753. The molecule has 100 valence electrons. The van der Waals surface area contributed by atoms with Gasteiger partial charge in [-0.25, -0.2) is 0 Å². The fraction of sp³-hybridized carbons (Fsp3) is 0.333. The van der Waals surface area contributed by atoms with E-state index in [2.05, 4.69) is 43.3 Å². The van der Waals surface area contributed by atoms with Gasteiger partial charge < -0.3 is 5.11 Å². The zero-order chi connectivity index (χ0) is 13.5. The van der Waals surface area contributed by atoms with Crippen molar-refractivity contribution in [2.45, 2.75) is 38.5 Å². The summed E-state index contributed by atoms with van der Waals surface area (Å²) >= 11 is 0. The van der Waals surface area contributed by atoms with Gasteiger partial charge in [-0.1, -0.05) is 67.9 Å². The number of rotatable bonds is 6. The molecule has 0 aliphatic carbocycles. The van der Waals surface area contributed by atoms with E-state index in [1.165, 1.54) is 18.4 Å². The molecule has 19 heavy (non-hydrogen) atoms. The molecule has 0 aliphatic rings. The molecule has 1 unspecified atom stereocenters. The van der Waals surface area contributed by atoms with Crippen LogP contribution in [-0.2, 0) is 6.42 Å². The molecule has 0 spiro atoms. The number of hydrogen-bond acceptors (Lipinski definition) is 1. The molecule has 1 heteroatoms. The minimum Gasteiger partial charge on any atom is -0.872 e. The molecule has 0 amide bonds. The number of aryl methyl sites for hydroxylation is 1. The average molecular weight is 253 g/mol. The van der Waals surface area contributed by atoms with E-state index in [0.29, 0.717) is 5.92 Å². The maximum absolute atomic E-state index is 11.3. The van der Waals surface area contributed by atoms with Crippen molar-refractivity contribution < 1.29 is 5.11 Å². The van der Waals surface area contributed by atoms with E-state index >= 15 is 0 Å². The molecular formula is C18H21O-. The van der Waals surface area contributed by atoms with Crippen molar-refractivity contribution in [2.24, 2.45) is 0 Å². The second-order valence-electron chi connectivity index (χ2n) is 5.08. The predicted octanol–water partition coefficient (Wildman–Crippen LogP) is 4.28. The molecule has 0 bridgehead atoms. The summed E-state index contributed by atoms with van der Waals surface area (Å²) in [5.74, 6) is 0.714. The highest BCUT2D eigenvalue weighted by atomic mass is 16.3.